The normalized spacial score (nSPS) is 16.1. The zero-order chi connectivity index (χ0) is 22.9. The molecule has 0 bridgehead atoms. The van der Waals surface area contributed by atoms with Gasteiger partial charge in [-0.05, 0) is 45.4 Å². The van der Waals surface area contributed by atoms with Crippen LogP contribution in [0.4, 0.5) is 18.9 Å². The van der Waals surface area contributed by atoms with E-state index in [0.29, 0.717) is 16.9 Å². The fourth-order valence-electron chi connectivity index (χ4n) is 3.57. The molecule has 0 spiro atoms. The van der Waals surface area contributed by atoms with Crippen LogP contribution in [0.2, 0.25) is 5.02 Å². The van der Waals surface area contributed by atoms with Crippen LogP contribution >= 0.6 is 11.6 Å². The van der Waals surface area contributed by atoms with E-state index in [9.17, 15) is 18.0 Å². The number of benzene rings is 1. The second-order valence-corrected chi connectivity index (χ2v) is 7.65. The maximum atomic E-state index is 13.6. The largest absolute Gasteiger partial charge is 0.475 e. The van der Waals surface area contributed by atoms with Crippen LogP contribution in [0, 0.1) is 0 Å². The number of fused-ring (bicyclic) bond motifs is 1. The number of carbonyl (C=O) groups is 1. The van der Waals surface area contributed by atoms with Gasteiger partial charge in [-0.1, -0.05) is 23.7 Å². The van der Waals surface area contributed by atoms with Crippen LogP contribution in [0.3, 0.4) is 0 Å². The zero-order valence-corrected chi connectivity index (χ0v) is 18.2. The Hall–Kier alpha value is -2.74. The van der Waals surface area contributed by atoms with Crippen molar-refractivity contribution in [2.45, 2.75) is 45.9 Å². The summed E-state index contributed by atoms with van der Waals surface area (Å²) in [5.74, 6) is -1.42. The number of halogens is 4. The molecular weight excluding hydrogens is 433 g/mol. The van der Waals surface area contributed by atoms with E-state index in [1.807, 2.05) is 0 Å². The SMILES string of the molecule is CCOC(=O)C1=C(C)Nc2ccnc(OC(C)C)c2C1c1cccc(C(F)(F)F)c1Cl. The van der Waals surface area contributed by atoms with E-state index in [0.717, 1.165) is 6.07 Å². The molecule has 1 N–H and O–H groups in total. The molecule has 1 aromatic heterocycles. The molecule has 0 fully saturated rings. The van der Waals surface area contributed by atoms with Crippen molar-refractivity contribution < 1.29 is 27.4 Å². The molecule has 166 valence electrons. The Morgan fingerprint density at radius 3 is 2.61 bits per heavy atom. The maximum Gasteiger partial charge on any atom is 0.417 e. The summed E-state index contributed by atoms with van der Waals surface area (Å²) in [6, 6.07) is 5.31. The van der Waals surface area contributed by atoms with Crippen LogP contribution in [0.1, 0.15) is 50.3 Å². The van der Waals surface area contributed by atoms with Gasteiger partial charge in [-0.2, -0.15) is 13.2 Å². The van der Waals surface area contributed by atoms with Crippen molar-refractivity contribution in [2.75, 3.05) is 11.9 Å². The van der Waals surface area contributed by atoms with Crippen LogP contribution in [0.5, 0.6) is 5.88 Å². The fraction of sp³-hybridized carbons (Fsp3) is 0.364. The lowest BCUT2D eigenvalue weighted by Crippen LogP contribution is -2.26. The van der Waals surface area contributed by atoms with Gasteiger partial charge < -0.3 is 14.8 Å². The van der Waals surface area contributed by atoms with Crippen LogP contribution in [-0.2, 0) is 15.7 Å². The monoisotopic (exact) mass is 454 g/mol. The van der Waals surface area contributed by atoms with Crippen LogP contribution < -0.4 is 10.1 Å². The highest BCUT2D eigenvalue weighted by molar-refractivity contribution is 6.32. The van der Waals surface area contributed by atoms with Crippen LogP contribution in [0.15, 0.2) is 41.7 Å². The molecule has 3 rings (SSSR count). The quantitative estimate of drug-likeness (QED) is 0.567. The molecule has 2 aromatic rings. The number of esters is 1. The van der Waals surface area contributed by atoms with Crippen molar-refractivity contribution >= 4 is 23.3 Å². The molecule has 9 heteroatoms. The van der Waals surface area contributed by atoms with Gasteiger partial charge in [0.1, 0.15) is 0 Å². The summed E-state index contributed by atoms with van der Waals surface area (Å²) in [4.78, 5) is 17.2. The van der Waals surface area contributed by atoms with Gasteiger partial charge >= 0.3 is 12.1 Å². The van der Waals surface area contributed by atoms with Gasteiger partial charge in [0, 0.05) is 17.6 Å². The number of hydrogen-bond donors (Lipinski definition) is 1. The fourth-order valence-corrected chi connectivity index (χ4v) is 3.91. The number of anilines is 1. The Kier molecular flexibility index (Phi) is 6.50. The average molecular weight is 455 g/mol. The Morgan fingerprint density at radius 1 is 1.29 bits per heavy atom. The number of carbonyl (C=O) groups excluding carboxylic acids is 1. The summed E-state index contributed by atoms with van der Waals surface area (Å²) >= 11 is 6.27. The minimum Gasteiger partial charge on any atom is -0.475 e. The smallest absolute Gasteiger partial charge is 0.417 e. The molecule has 0 aliphatic carbocycles. The predicted octanol–water partition coefficient (Wildman–Crippen LogP) is 5.94. The van der Waals surface area contributed by atoms with Gasteiger partial charge in [-0.3, -0.25) is 0 Å². The second kappa shape index (κ2) is 8.78. The molecule has 5 nitrogen and oxygen atoms in total. The van der Waals surface area contributed by atoms with Crippen molar-refractivity contribution in [1.29, 1.82) is 0 Å². The van der Waals surface area contributed by atoms with E-state index in [1.54, 1.807) is 33.8 Å². The third-order valence-electron chi connectivity index (χ3n) is 4.74. The third-order valence-corrected chi connectivity index (χ3v) is 5.17. The molecule has 0 saturated carbocycles. The topological polar surface area (TPSA) is 60.5 Å². The minimum absolute atomic E-state index is 0.105. The summed E-state index contributed by atoms with van der Waals surface area (Å²) in [7, 11) is 0. The minimum atomic E-state index is -4.65. The Balaban J connectivity index is 2.33. The van der Waals surface area contributed by atoms with E-state index < -0.39 is 28.6 Å². The number of ether oxygens (including phenoxy) is 2. The number of pyridine rings is 1. The standard InChI is InChI=1S/C22H22ClF3N2O3/c1-5-30-21(29)16-12(4)28-15-9-10-27-20(31-11(2)3)18(15)17(16)13-7-6-8-14(19(13)23)22(24,25)26/h6-11,17,28H,5H2,1-4H3. The van der Waals surface area contributed by atoms with Crippen molar-refractivity contribution in [2.24, 2.45) is 0 Å². The Labute approximate surface area is 183 Å². The molecule has 1 aliphatic heterocycles. The number of alkyl halides is 3. The first-order valence-corrected chi connectivity index (χ1v) is 10.1. The first-order valence-electron chi connectivity index (χ1n) is 9.72. The van der Waals surface area contributed by atoms with Crippen LogP contribution in [-0.4, -0.2) is 23.7 Å². The van der Waals surface area contributed by atoms with Gasteiger partial charge in [0.05, 0.1) is 40.4 Å². The van der Waals surface area contributed by atoms with Gasteiger partial charge in [-0.15, -0.1) is 0 Å². The molecule has 31 heavy (non-hydrogen) atoms. The summed E-state index contributed by atoms with van der Waals surface area (Å²) in [6.07, 6.45) is -3.39. The number of allylic oxidation sites excluding steroid dienone is 1. The highest BCUT2D eigenvalue weighted by Gasteiger charge is 2.40. The van der Waals surface area contributed by atoms with E-state index in [1.165, 1.54) is 18.3 Å². The van der Waals surface area contributed by atoms with Gasteiger partial charge in [0.25, 0.3) is 0 Å². The molecule has 1 unspecified atom stereocenters. The summed E-state index contributed by atoms with van der Waals surface area (Å²) in [5, 5.41) is 2.64. The van der Waals surface area contributed by atoms with Crippen molar-refractivity contribution in [1.82, 2.24) is 4.98 Å². The molecule has 1 aromatic carbocycles. The number of hydrogen-bond acceptors (Lipinski definition) is 5. The van der Waals surface area contributed by atoms with E-state index in [2.05, 4.69) is 10.3 Å². The predicted molar refractivity (Wildman–Crippen MR) is 111 cm³/mol. The summed E-state index contributed by atoms with van der Waals surface area (Å²) < 4.78 is 51.7. The van der Waals surface area contributed by atoms with Gasteiger partial charge in [0.15, 0.2) is 0 Å². The van der Waals surface area contributed by atoms with E-state index in [-0.39, 0.29) is 29.7 Å². The number of rotatable bonds is 5. The number of nitrogens with zero attached hydrogens (tertiary/aromatic N) is 1. The lowest BCUT2D eigenvalue weighted by molar-refractivity contribution is -0.139. The Bertz CT molecular complexity index is 1040. The highest BCUT2D eigenvalue weighted by Crippen LogP contribution is 2.49. The molecule has 2 heterocycles. The van der Waals surface area contributed by atoms with Crippen molar-refractivity contribution in [3.8, 4) is 5.88 Å². The molecule has 1 atom stereocenters. The average Bonchev–Trinajstić information content (AvgIpc) is 2.66. The first kappa shape index (κ1) is 22.9. The van der Waals surface area contributed by atoms with Crippen LogP contribution in [0.25, 0.3) is 0 Å². The lowest BCUT2D eigenvalue weighted by atomic mass is 9.80. The van der Waals surface area contributed by atoms with Gasteiger partial charge in [-0.25, -0.2) is 9.78 Å². The zero-order valence-electron chi connectivity index (χ0n) is 17.4. The molecule has 0 saturated heterocycles. The molecular formula is C22H22ClF3N2O3. The summed E-state index contributed by atoms with van der Waals surface area (Å²) in [5.41, 5.74) is 0.718. The Morgan fingerprint density at radius 2 is 2.00 bits per heavy atom. The third kappa shape index (κ3) is 4.49. The molecule has 1 aliphatic rings. The number of aromatic nitrogens is 1. The lowest BCUT2D eigenvalue weighted by Gasteiger charge is -2.32. The second-order valence-electron chi connectivity index (χ2n) is 7.27. The first-order chi connectivity index (χ1) is 14.6. The van der Waals surface area contributed by atoms with Crippen molar-refractivity contribution in [3.63, 3.8) is 0 Å². The molecule has 0 radical (unpaired) electrons. The van der Waals surface area contributed by atoms with E-state index >= 15 is 0 Å². The van der Waals surface area contributed by atoms with E-state index in [4.69, 9.17) is 21.1 Å². The highest BCUT2D eigenvalue weighted by atomic mass is 35.5. The van der Waals surface area contributed by atoms with Gasteiger partial charge in [0.2, 0.25) is 5.88 Å². The maximum absolute atomic E-state index is 13.6. The van der Waals surface area contributed by atoms with Crippen molar-refractivity contribution in [3.05, 3.63) is 63.4 Å². The summed E-state index contributed by atoms with van der Waals surface area (Å²) in [6.45, 7) is 7.02. The molecule has 0 amide bonds. The number of nitrogens with one attached hydrogen (secondary N) is 1.